The minimum Gasteiger partial charge on any atom is -0.507 e. The number of ketones is 1. The molecule has 208 valence electrons. The maximum Gasteiger partial charge on any atom is 0.229 e. The first-order chi connectivity index (χ1) is 18.2. The molecule has 2 aliphatic rings. The van der Waals surface area contributed by atoms with Crippen LogP contribution in [0.3, 0.4) is 0 Å². The highest BCUT2D eigenvalue weighted by molar-refractivity contribution is 5.84. The average Bonchev–Trinajstić information content (AvgIpc) is 2.92. The van der Waals surface area contributed by atoms with E-state index in [1.54, 1.807) is 18.2 Å². The number of benzene rings is 2. The number of ether oxygens (including phenoxy) is 4. The van der Waals surface area contributed by atoms with Crippen molar-refractivity contribution in [2.45, 2.75) is 68.9 Å². The second kappa shape index (κ2) is 11.9. The minimum absolute atomic E-state index is 0.0571. The molecule has 11 heteroatoms. The summed E-state index contributed by atoms with van der Waals surface area (Å²) in [6.07, 6.45) is -6.98. The largest absolute Gasteiger partial charge is 0.507 e. The van der Waals surface area contributed by atoms with Gasteiger partial charge in [0.1, 0.15) is 36.3 Å². The molecule has 0 spiro atoms. The van der Waals surface area contributed by atoms with E-state index in [4.69, 9.17) is 18.9 Å². The fraction of sp³-hybridized carbons (Fsp3) is 0.519. The summed E-state index contributed by atoms with van der Waals surface area (Å²) in [4.78, 5) is 12.5. The maximum atomic E-state index is 12.5. The first-order valence-corrected chi connectivity index (χ1v) is 12.5. The standard InChI is InChI=1S/C27H34O11/c1-35-25-16-11-14(5-3-4-6-18(30)19(31)10-13-7-8-17(29)15(16)9-13)24(26(25)36-2)38-27-23(34)22(33)21(32)20(12-28)37-27/h7-9,11,19-23,27-29,31-34H,3-6,10,12H2,1-2H3/t19-,20+,21+,22-,23+,27-/m0/s1. The summed E-state index contributed by atoms with van der Waals surface area (Å²) in [7, 11) is 2.81. The number of fused-ring (bicyclic) bond motifs is 5. The van der Waals surface area contributed by atoms with Gasteiger partial charge in [-0.15, -0.1) is 0 Å². The van der Waals surface area contributed by atoms with Crippen molar-refractivity contribution in [3.05, 3.63) is 35.4 Å². The molecule has 0 amide bonds. The number of Topliss-reactive ketones (excluding diaryl/α,β-unsaturated/α-hetero) is 1. The summed E-state index contributed by atoms with van der Waals surface area (Å²) in [5.74, 6) is 0.133. The second-order valence-electron chi connectivity index (χ2n) is 9.54. The Kier molecular flexibility index (Phi) is 8.76. The number of aromatic hydroxyl groups is 1. The number of aliphatic hydroxyl groups excluding tert-OH is 5. The quantitative estimate of drug-likeness (QED) is 0.314. The third-order valence-electron chi connectivity index (χ3n) is 7.03. The van der Waals surface area contributed by atoms with Crippen LogP contribution in [0.2, 0.25) is 0 Å². The van der Waals surface area contributed by atoms with Gasteiger partial charge in [0.2, 0.25) is 12.0 Å². The van der Waals surface area contributed by atoms with Crippen molar-refractivity contribution in [3.8, 4) is 34.1 Å². The van der Waals surface area contributed by atoms with Gasteiger partial charge in [-0.3, -0.25) is 4.79 Å². The monoisotopic (exact) mass is 534 g/mol. The lowest BCUT2D eigenvalue weighted by Crippen LogP contribution is -2.60. The van der Waals surface area contributed by atoms with Crippen LogP contribution in [0, 0.1) is 0 Å². The molecule has 1 aliphatic carbocycles. The number of hydrogen-bond donors (Lipinski definition) is 6. The fourth-order valence-electron chi connectivity index (χ4n) is 4.90. The van der Waals surface area contributed by atoms with Crippen molar-refractivity contribution in [1.82, 2.24) is 0 Å². The highest BCUT2D eigenvalue weighted by atomic mass is 16.7. The van der Waals surface area contributed by atoms with Crippen LogP contribution >= 0.6 is 0 Å². The van der Waals surface area contributed by atoms with Crippen LogP contribution in [-0.4, -0.2) is 94.1 Å². The molecule has 1 fully saturated rings. The normalized spacial score (nSPS) is 28.0. The van der Waals surface area contributed by atoms with Crippen molar-refractivity contribution in [1.29, 1.82) is 0 Å². The maximum absolute atomic E-state index is 12.5. The van der Waals surface area contributed by atoms with Gasteiger partial charge in [0.05, 0.1) is 20.8 Å². The highest BCUT2D eigenvalue weighted by Crippen LogP contribution is 2.50. The Morgan fingerprint density at radius 3 is 2.29 bits per heavy atom. The van der Waals surface area contributed by atoms with E-state index in [0.717, 1.165) is 0 Å². The number of carbonyl (C=O) groups is 1. The first kappa shape index (κ1) is 28.1. The Labute approximate surface area is 219 Å². The molecule has 0 unspecified atom stereocenters. The molecule has 0 saturated carbocycles. The summed E-state index contributed by atoms with van der Waals surface area (Å²) in [6.45, 7) is -0.618. The molecule has 1 saturated heterocycles. The van der Waals surface area contributed by atoms with E-state index in [-0.39, 0.29) is 41.6 Å². The Balaban J connectivity index is 1.85. The third kappa shape index (κ3) is 5.44. The predicted octanol–water partition coefficient (Wildman–Crippen LogP) is 0.454. The van der Waals surface area contributed by atoms with Crippen molar-refractivity contribution in [3.63, 3.8) is 0 Å². The van der Waals surface area contributed by atoms with E-state index in [1.165, 1.54) is 20.3 Å². The minimum atomic E-state index is -1.65. The lowest BCUT2D eigenvalue weighted by atomic mass is 9.94. The van der Waals surface area contributed by atoms with Crippen molar-refractivity contribution >= 4 is 5.78 Å². The van der Waals surface area contributed by atoms with Crippen LogP contribution in [0.5, 0.6) is 23.0 Å². The first-order valence-electron chi connectivity index (χ1n) is 12.5. The number of carbonyl (C=O) groups excluding carboxylic acids is 1. The molecular weight excluding hydrogens is 500 g/mol. The van der Waals surface area contributed by atoms with Gasteiger partial charge in [-0.1, -0.05) is 6.07 Å². The zero-order valence-corrected chi connectivity index (χ0v) is 21.2. The molecule has 0 aromatic heterocycles. The zero-order valence-electron chi connectivity index (χ0n) is 21.2. The highest BCUT2D eigenvalue weighted by Gasteiger charge is 2.45. The number of phenolic OH excluding ortho intramolecular Hbond substituents is 1. The lowest BCUT2D eigenvalue weighted by Gasteiger charge is -2.40. The third-order valence-corrected chi connectivity index (χ3v) is 7.03. The number of phenols is 1. The number of rotatable bonds is 5. The van der Waals surface area contributed by atoms with Gasteiger partial charge in [0.25, 0.3) is 0 Å². The predicted molar refractivity (Wildman–Crippen MR) is 133 cm³/mol. The van der Waals surface area contributed by atoms with Gasteiger partial charge in [0.15, 0.2) is 17.3 Å². The van der Waals surface area contributed by atoms with Gasteiger partial charge in [-0.2, -0.15) is 0 Å². The molecule has 1 aliphatic heterocycles. The number of aryl methyl sites for hydroxylation is 1. The molecule has 4 rings (SSSR count). The molecule has 11 nitrogen and oxygen atoms in total. The zero-order chi connectivity index (χ0) is 27.6. The summed E-state index contributed by atoms with van der Waals surface area (Å²) in [5, 5.41) is 61.7. The summed E-state index contributed by atoms with van der Waals surface area (Å²) in [6, 6.07) is 6.53. The SMILES string of the molecule is COc1c2cc(c(O[C@@H]3O[C@H](CO)[C@@H](O)[C@H](O)[C@H]3O)c1OC)CCCCC(=O)[C@@H](O)Cc1ccc(O)c-2c1. The number of hydrogen-bond acceptors (Lipinski definition) is 11. The fourth-order valence-corrected chi connectivity index (χ4v) is 4.90. The molecule has 1 heterocycles. The van der Waals surface area contributed by atoms with Crippen LogP contribution in [0.1, 0.15) is 30.4 Å². The Bertz CT molecular complexity index is 1150. The van der Waals surface area contributed by atoms with E-state index < -0.39 is 43.4 Å². The van der Waals surface area contributed by atoms with Crippen LogP contribution in [0.4, 0.5) is 0 Å². The van der Waals surface area contributed by atoms with E-state index >= 15 is 0 Å². The Morgan fingerprint density at radius 1 is 0.895 bits per heavy atom. The number of methoxy groups -OCH3 is 2. The molecule has 2 aromatic carbocycles. The van der Waals surface area contributed by atoms with Gasteiger partial charge < -0.3 is 49.6 Å². The van der Waals surface area contributed by atoms with E-state index in [0.29, 0.717) is 41.5 Å². The van der Waals surface area contributed by atoms with Crippen molar-refractivity contribution < 1.29 is 54.4 Å². The van der Waals surface area contributed by atoms with Crippen LogP contribution in [0.15, 0.2) is 24.3 Å². The number of aliphatic hydroxyl groups is 5. The van der Waals surface area contributed by atoms with Gasteiger partial charge in [-0.05, 0) is 48.6 Å². The van der Waals surface area contributed by atoms with E-state index in [1.807, 2.05) is 0 Å². The summed E-state index contributed by atoms with van der Waals surface area (Å²) in [5.41, 5.74) is 2.07. The van der Waals surface area contributed by atoms with E-state index in [2.05, 4.69) is 0 Å². The molecule has 0 radical (unpaired) electrons. The van der Waals surface area contributed by atoms with Gasteiger partial charge in [0, 0.05) is 24.0 Å². The topological polar surface area (TPSA) is 175 Å². The molecular formula is C27H34O11. The summed E-state index contributed by atoms with van der Waals surface area (Å²) < 4.78 is 22.9. The van der Waals surface area contributed by atoms with Crippen molar-refractivity contribution in [2.75, 3.05) is 20.8 Å². The molecule has 6 atom stereocenters. The molecule has 6 N–H and O–H groups in total. The van der Waals surface area contributed by atoms with Crippen LogP contribution < -0.4 is 14.2 Å². The average molecular weight is 535 g/mol. The smallest absolute Gasteiger partial charge is 0.229 e. The van der Waals surface area contributed by atoms with E-state index in [9.17, 15) is 35.4 Å². The van der Waals surface area contributed by atoms with Gasteiger partial charge in [-0.25, -0.2) is 0 Å². The summed E-state index contributed by atoms with van der Waals surface area (Å²) >= 11 is 0. The van der Waals surface area contributed by atoms with Crippen molar-refractivity contribution in [2.24, 2.45) is 0 Å². The lowest BCUT2D eigenvalue weighted by molar-refractivity contribution is -0.277. The Morgan fingerprint density at radius 2 is 1.61 bits per heavy atom. The van der Waals surface area contributed by atoms with Gasteiger partial charge >= 0.3 is 0 Å². The van der Waals surface area contributed by atoms with Crippen LogP contribution in [0.25, 0.3) is 11.1 Å². The molecule has 2 aromatic rings. The van der Waals surface area contributed by atoms with Crippen LogP contribution in [-0.2, 0) is 22.4 Å². The second-order valence-corrected chi connectivity index (χ2v) is 9.54. The molecule has 38 heavy (non-hydrogen) atoms. The molecule has 4 bridgehead atoms. The Hall–Kier alpha value is -2.93.